The van der Waals surface area contributed by atoms with Gasteiger partial charge in [0.25, 0.3) is 0 Å². The second kappa shape index (κ2) is 7.51. The number of hydrogen-bond donors (Lipinski definition) is 0. The zero-order valence-electron chi connectivity index (χ0n) is 14.8. The van der Waals surface area contributed by atoms with Gasteiger partial charge in [-0.05, 0) is 31.5 Å². The van der Waals surface area contributed by atoms with Crippen molar-refractivity contribution in [1.29, 1.82) is 0 Å². The highest BCUT2D eigenvalue weighted by Crippen LogP contribution is 2.31. The number of Topliss-reactive ketones (excluding diaryl/α,β-unsaturated/α-hetero) is 1. The van der Waals surface area contributed by atoms with Gasteiger partial charge in [0.1, 0.15) is 6.10 Å². The quantitative estimate of drug-likeness (QED) is 0.703. The molecule has 2 heterocycles. The molecule has 0 amide bonds. The number of pyridine rings is 1. The summed E-state index contributed by atoms with van der Waals surface area (Å²) < 4.78 is 70.6. The largest absolute Gasteiger partial charge is 0.473 e. The van der Waals surface area contributed by atoms with Crippen molar-refractivity contribution in [2.75, 3.05) is 13.1 Å². The molecule has 0 bridgehead atoms. The average molecular weight is 414 g/mol. The van der Waals surface area contributed by atoms with Crippen molar-refractivity contribution < 1.29 is 31.1 Å². The van der Waals surface area contributed by atoms with Crippen LogP contribution in [0.2, 0.25) is 0 Å². The summed E-state index contributed by atoms with van der Waals surface area (Å²) in [5.41, 5.74) is -0.609. The molecular formula is C18H17F3N2O4S. The maximum Gasteiger partial charge on any atom is 0.416 e. The van der Waals surface area contributed by atoms with Crippen LogP contribution in [-0.4, -0.2) is 42.7 Å². The van der Waals surface area contributed by atoms with Gasteiger partial charge >= 0.3 is 6.18 Å². The molecular weight excluding hydrogens is 397 g/mol. The Morgan fingerprint density at radius 1 is 1.25 bits per heavy atom. The van der Waals surface area contributed by atoms with Crippen LogP contribution < -0.4 is 4.74 Å². The van der Waals surface area contributed by atoms with Crippen molar-refractivity contribution in [3.05, 3.63) is 53.7 Å². The number of ether oxygens (including phenoxy) is 1. The third-order valence-electron chi connectivity index (χ3n) is 4.34. The second-order valence-corrected chi connectivity index (χ2v) is 8.29. The summed E-state index contributed by atoms with van der Waals surface area (Å²) in [5, 5.41) is 0. The summed E-state index contributed by atoms with van der Waals surface area (Å²) in [6, 6.07) is 7.33. The summed E-state index contributed by atoms with van der Waals surface area (Å²) in [4.78, 5) is 15.2. The van der Waals surface area contributed by atoms with E-state index in [0.29, 0.717) is 6.42 Å². The smallest absolute Gasteiger partial charge is 0.416 e. The molecule has 1 aliphatic rings. The number of benzene rings is 1. The van der Waals surface area contributed by atoms with E-state index in [2.05, 4.69) is 4.98 Å². The molecule has 0 aliphatic carbocycles. The number of carbonyl (C=O) groups excluding carboxylic acids is 1. The van der Waals surface area contributed by atoms with Gasteiger partial charge in [-0.15, -0.1) is 0 Å². The van der Waals surface area contributed by atoms with E-state index in [-0.39, 0.29) is 35.2 Å². The first-order chi connectivity index (χ1) is 13.1. The first-order valence-electron chi connectivity index (χ1n) is 8.38. The zero-order valence-corrected chi connectivity index (χ0v) is 15.6. The summed E-state index contributed by atoms with van der Waals surface area (Å²) in [7, 11) is -3.85. The lowest BCUT2D eigenvalue weighted by atomic mass is 10.2. The van der Waals surface area contributed by atoms with Gasteiger partial charge in [0.2, 0.25) is 15.9 Å². The molecule has 1 aromatic heterocycles. The van der Waals surface area contributed by atoms with Crippen LogP contribution in [0.15, 0.2) is 47.5 Å². The Morgan fingerprint density at radius 3 is 2.68 bits per heavy atom. The molecule has 1 aromatic carbocycles. The third-order valence-corrected chi connectivity index (χ3v) is 6.20. The highest BCUT2D eigenvalue weighted by molar-refractivity contribution is 7.89. The predicted octanol–water partition coefficient (Wildman–Crippen LogP) is 3.15. The molecule has 2 aromatic rings. The molecule has 0 N–H and O–H groups in total. The number of rotatable bonds is 5. The molecule has 0 spiro atoms. The van der Waals surface area contributed by atoms with Crippen LogP contribution in [-0.2, 0) is 16.2 Å². The average Bonchev–Trinajstić information content (AvgIpc) is 3.10. The van der Waals surface area contributed by atoms with Gasteiger partial charge in [-0.3, -0.25) is 4.79 Å². The maximum absolute atomic E-state index is 12.8. The Hall–Kier alpha value is -2.46. The number of aromatic nitrogens is 1. The van der Waals surface area contributed by atoms with Crippen molar-refractivity contribution in [2.45, 2.75) is 30.5 Å². The fourth-order valence-corrected chi connectivity index (χ4v) is 4.39. The molecule has 1 aliphatic heterocycles. The minimum atomic E-state index is -4.52. The fourth-order valence-electron chi connectivity index (χ4n) is 2.86. The highest BCUT2D eigenvalue weighted by Gasteiger charge is 2.35. The SMILES string of the molecule is CC(=O)c1cccc(S(=O)(=O)N2CC[C@H](Oc3cc(C(F)(F)F)ccn3)C2)c1. The van der Waals surface area contributed by atoms with Crippen molar-refractivity contribution in [3.63, 3.8) is 0 Å². The Labute approximate surface area is 160 Å². The van der Waals surface area contributed by atoms with Crippen molar-refractivity contribution in [2.24, 2.45) is 0 Å². The van der Waals surface area contributed by atoms with Crippen LogP contribution in [0.3, 0.4) is 0 Å². The van der Waals surface area contributed by atoms with Crippen LogP contribution in [0, 0.1) is 0 Å². The zero-order chi connectivity index (χ0) is 20.5. The van der Waals surface area contributed by atoms with Crippen LogP contribution in [0.5, 0.6) is 5.88 Å². The number of sulfonamides is 1. The van der Waals surface area contributed by atoms with E-state index in [1.54, 1.807) is 0 Å². The second-order valence-electron chi connectivity index (χ2n) is 6.36. The van der Waals surface area contributed by atoms with E-state index in [9.17, 15) is 26.4 Å². The van der Waals surface area contributed by atoms with Gasteiger partial charge < -0.3 is 4.74 Å². The lowest BCUT2D eigenvalue weighted by Gasteiger charge is -2.17. The topological polar surface area (TPSA) is 76.6 Å². The Kier molecular flexibility index (Phi) is 5.44. The number of carbonyl (C=O) groups is 1. The summed E-state index contributed by atoms with van der Waals surface area (Å²) in [6.07, 6.45) is -3.84. The molecule has 3 rings (SSSR count). The van der Waals surface area contributed by atoms with E-state index in [1.807, 2.05) is 0 Å². The predicted molar refractivity (Wildman–Crippen MR) is 93.5 cm³/mol. The molecule has 0 unspecified atom stereocenters. The molecule has 0 saturated carbocycles. The summed E-state index contributed by atoms with van der Waals surface area (Å²) in [5.74, 6) is -0.465. The molecule has 1 fully saturated rings. The Bertz CT molecular complexity index is 992. The minimum absolute atomic E-state index is 0.0157. The van der Waals surface area contributed by atoms with Gasteiger partial charge in [0.05, 0.1) is 17.0 Å². The number of nitrogens with zero attached hydrogens (tertiary/aromatic N) is 2. The molecule has 150 valence electrons. The van der Waals surface area contributed by atoms with Crippen LogP contribution >= 0.6 is 0 Å². The number of hydrogen-bond acceptors (Lipinski definition) is 5. The minimum Gasteiger partial charge on any atom is -0.473 e. The van der Waals surface area contributed by atoms with E-state index >= 15 is 0 Å². The van der Waals surface area contributed by atoms with Crippen LogP contribution in [0.1, 0.15) is 29.3 Å². The van der Waals surface area contributed by atoms with Crippen LogP contribution in [0.25, 0.3) is 0 Å². The third kappa shape index (κ3) is 4.33. The summed E-state index contributed by atoms with van der Waals surface area (Å²) >= 11 is 0. The number of ketones is 1. The molecule has 10 heteroatoms. The monoisotopic (exact) mass is 414 g/mol. The van der Waals surface area contributed by atoms with Crippen molar-refractivity contribution in [1.82, 2.24) is 9.29 Å². The Morgan fingerprint density at radius 2 is 2.00 bits per heavy atom. The molecule has 1 atom stereocenters. The first kappa shape index (κ1) is 20.3. The van der Waals surface area contributed by atoms with Crippen molar-refractivity contribution in [3.8, 4) is 5.88 Å². The normalized spacial score (nSPS) is 18.2. The maximum atomic E-state index is 12.8. The number of halogens is 3. The van der Waals surface area contributed by atoms with Crippen molar-refractivity contribution >= 4 is 15.8 Å². The molecule has 1 saturated heterocycles. The van der Waals surface area contributed by atoms with Crippen LogP contribution in [0.4, 0.5) is 13.2 Å². The lowest BCUT2D eigenvalue weighted by molar-refractivity contribution is -0.137. The molecule has 28 heavy (non-hydrogen) atoms. The van der Waals surface area contributed by atoms with Gasteiger partial charge in [-0.25, -0.2) is 13.4 Å². The summed E-state index contributed by atoms with van der Waals surface area (Å²) in [6.45, 7) is 1.47. The lowest BCUT2D eigenvalue weighted by Crippen LogP contribution is -2.31. The standard InChI is InChI=1S/C18H17F3N2O4S/c1-12(24)13-3-2-4-16(9-13)28(25,26)23-8-6-15(11-23)27-17-10-14(5-7-22-17)18(19,20)21/h2-5,7,9-10,15H,6,8,11H2,1H3/t15-/m0/s1. The van der Waals surface area contributed by atoms with Gasteiger partial charge in [-0.2, -0.15) is 17.5 Å². The molecule has 6 nitrogen and oxygen atoms in total. The number of alkyl halides is 3. The van der Waals surface area contributed by atoms with E-state index < -0.39 is 27.9 Å². The van der Waals surface area contributed by atoms with E-state index in [1.165, 1.54) is 35.5 Å². The van der Waals surface area contributed by atoms with Gasteiger partial charge in [0, 0.05) is 24.4 Å². The van der Waals surface area contributed by atoms with E-state index in [0.717, 1.165) is 18.3 Å². The van der Waals surface area contributed by atoms with E-state index in [4.69, 9.17) is 4.74 Å². The van der Waals surface area contributed by atoms with Gasteiger partial charge in [-0.1, -0.05) is 12.1 Å². The van der Waals surface area contributed by atoms with Gasteiger partial charge in [0.15, 0.2) is 5.78 Å². The molecule has 0 radical (unpaired) electrons. The first-order valence-corrected chi connectivity index (χ1v) is 9.82. The highest BCUT2D eigenvalue weighted by atomic mass is 32.2. The fraction of sp³-hybridized carbons (Fsp3) is 0.333. The Balaban J connectivity index is 1.73.